The third-order valence-corrected chi connectivity index (χ3v) is 5.54. The number of carbonyl (C=O) groups is 2. The Balaban J connectivity index is 1.45. The average Bonchev–Trinajstić information content (AvgIpc) is 3.13. The minimum Gasteiger partial charge on any atom is -0.371 e. The molecule has 0 spiro atoms. The quantitative estimate of drug-likeness (QED) is 0.712. The van der Waals surface area contributed by atoms with Crippen molar-refractivity contribution in [1.29, 1.82) is 0 Å². The van der Waals surface area contributed by atoms with Crippen molar-refractivity contribution < 1.29 is 23.1 Å². The van der Waals surface area contributed by atoms with Gasteiger partial charge in [-0.1, -0.05) is 6.07 Å². The number of nitrogens with zero attached hydrogens (tertiary/aromatic N) is 2. The van der Waals surface area contributed by atoms with Crippen molar-refractivity contribution in [1.82, 2.24) is 15.2 Å². The number of benzene rings is 1. The summed E-state index contributed by atoms with van der Waals surface area (Å²) in [6.07, 6.45) is -0.137. The fourth-order valence-electron chi connectivity index (χ4n) is 3.00. The maximum Gasteiger partial charge on any atom is 0.221 e. The Morgan fingerprint density at radius 2 is 2.18 bits per heavy atom. The van der Waals surface area contributed by atoms with E-state index in [1.165, 1.54) is 17.4 Å². The second-order valence-electron chi connectivity index (χ2n) is 6.55. The van der Waals surface area contributed by atoms with Crippen LogP contribution in [0.3, 0.4) is 0 Å². The van der Waals surface area contributed by atoms with E-state index in [1.807, 2.05) is 4.90 Å². The lowest BCUT2D eigenvalue weighted by molar-refractivity contribution is -0.121. The zero-order valence-corrected chi connectivity index (χ0v) is 16.2. The number of morpholine rings is 1. The van der Waals surface area contributed by atoms with E-state index in [1.54, 1.807) is 12.4 Å². The first-order chi connectivity index (χ1) is 13.4. The monoisotopic (exact) mass is 409 g/mol. The van der Waals surface area contributed by atoms with Crippen LogP contribution in [0.2, 0.25) is 0 Å². The summed E-state index contributed by atoms with van der Waals surface area (Å²) in [5.41, 5.74) is 2.84. The van der Waals surface area contributed by atoms with Crippen LogP contribution in [-0.2, 0) is 9.53 Å². The lowest BCUT2D eigenvalue weighted by Gasteiger charge is -2.33. The van der Waals surface area contributed by atoms with Crippen molar-refractivity contribution in [3.63, 3.8) is 0 Å². The first-order valence-corrected chi connectivity index (χ1v) is 9.81. The highest BCUT2D eigenvalue weighted by atomic mass is 32.1. The molecule has 1 atom stereocenters. The Morgan fingerprint density at radius 3 is 2.89 bits per heavy atom. The van der Waals surface area contributed by atoms with Crippen LogP contribution in [0.4, 0.5) is 8.78 Å². The van der Waals surface area contributed by atoms with Gasteiger partial charge in [-0.2, -0.15) is 0 Å². The molecule has 6 nitrogen and oxygen atoms in total. The van der Waals surface area contributed by atoms with Crippen molar-refractivity contribution in [2.24, 2.45) is 0 Å². The zero-order valence-electron chi connectivity index (χ0n) is 15.4. The van der Waals surface area contributed by atoms with E-state index in [0.29, 0.717) is 42.4 Å². The molecule has 1 N–H and O–H groups in total. The number of carbonyl (C=O) groups excluding carboxylic acids is 2. The van der Waals surface area contributed by atoms with Gasteiger partial charge in [-0.05, 0) is 24.6 Å². The minimum absolute atomic E-state index is 0.0531. The third-order valence-electron chi connectivity index (χ3n) is 4.57. The van der Waals surface area contributed by atoms with E-state index in [4.69, 9.17) is 4.74 Å². The first-order valence-electron chi connectivity index (χ1n) is 8.93. The van der Waals surface area contributed by atoms with E-state index >= 15 is 0 Å². The zero-order chi connectivity index (χ0) is 20.1. The van der Waals surface area contributed by atoms with Crippen LogP contribution >= 0.6 is 11.3 Å². The maximum atomic E-state index is 13.4. The van der Waals surface area contributed by atoms with Gasteiger partial charge in [0, 0.05) is 26.1 Å². The van der Waals surface area contributed by atoms with Gasteiger partial charge >= 0.3 is 0 Å². The van der Waals surface area contributed by atoms with E-state index in [-0.39, 0.29) is 30.8 Å². The van der Waals surface area contributed by atoms with Crippen molar-refractivity contribution in [2.45, 2.75) is 19.4 Å². The van der Waals surface area contributed by atoms with E-state index in [9.17, 15) is 18.4 Å². The molecule has 1 amide bonds. The molecule has 1 saturated heterocycles. The lowest BCUT2D eigenvalue weighted by atomic mass is 10.1. The van der Waals surface area contributed by atoms with Gasteiger partial charge < -0.3 is 10.1 Å². The standard InChI is InChI=1S/C19H21F2N3O3S/c1-12-19(28-11-23-12)16(25)9-22-18(26)4-5-24-6-7-27-17(10-24)13-2-3-14(20)15(21)8-13/h2-3,8,11,17H,4-7,9-10H2,1H3,(H,22,26)/t17-/m1/s1. The second kappa shape index (κ2) is 9.31. The highest BCUT2D eigenvalue weighted by Gasteiger charge is 2.23. The summed E-state index contributed by atoms with van der Waals surface area (Å²) < 4.78 is 32.2. The number of aryl methyl sites for hydroxylation is 1. The summed E-state index contributed by atoms with van der Waals surface area (Å²) in [7, 11) is 0. The molecule has 1 aromatic carbocycles. The van der Waals surface area contributed by atoms with Crippen LogP contribution in [0, 0.1) is 18.6 Å². The van der Waals surface area contributed by atoms with Gasteiger partial charge in [0.1, 0.15) is 0 Å². The Morgan fingerprint density at radius 1 is 1.36 bits per heavy atom. The number of aromatic nitrogens is 1. The number of amides is 1. The maximum absolute atomic E-state index is 13.4. The van der Waals surface area contributed by atoms with Crippen molar-refractivity contribution in [3.05, 3.63) is 51.5 Å². The first kappa shape index (κ1) is 20.5. The molecule has 2 aromatic rings. The molecular formula is C19H21F2N3O3S. The Hall–Kier alpha value is -2.23. The molecule has 3 rings (SSSR count). The third kappa shape index (κ3) is 5.18. The van der Waals surface area contributed by atoms with Crippen LogP contribution < -0.4 is 5.32 Å². The van der Waals surface area contributed by atoms with Gasteiger partial charge in [-0.15, -0.1) is 11.3 Å². The normalized spacial score (nSPS) is 17.5. The summed E-state index contributed by atoms with van der Waals surface area (Å²) in [5, 5.41) is 2.64. The Bertz CT molecular complexity index is 859. The van der Waals surface area contributed by atoms with Gasteiger partial charge in [0.2, 0.25) is 5.91 Å². The number of nitrogens with one attached hydrogen (secondary N) is 1. The summed E-state index contributed by atoms with van der Waals surface area (Å²) >= 11 is 1.26. The molecule has 1 aliphatic heterocycles. The van der Waals surface area contributed by atoms with Gasteiger partial charge in [-0.3, -0.25) is 14.5 Å². The number of thiazole rings is 1. The summed E-state index contributed by atoms with van der Waals surface area (Å²) in [6.45, 7) is 3.76. The summed E-state index contributed by atoms with van der Waals surface area (Å²) in [4.78, 5) is 30.7. The predicted octanol–water partition coefficient (Wildman–Crippen LogP) is 2.49. The van der Waals surface area contributed by atoms with Crippen molar-refractivity contribution in [2.75, 3.05) is 32.8 Å². The number of hydrogen-bond acceptors (Lipinski definition) is 6. The van der Waals surface area contributed by atoms with Crippen LogP contribution in [0.1, 0.15) is 33.5 Å². The molecule has 0 aliphatic carbocycles. The van der Waals surface area contributed by atoms with Gasteiger partial charge in [0.05, 0.1) is 35.3 Å². The number of ether oxygens (including phenoxy) is 1. The van der Waals surface area contributed by atoms with Crippen LogP contribution in [0.25, 0.3) is 0 Å². The average molecular weight is 409 g/mol. The second-order valence-corrected chi connectivity index (χ2v) is 7.41. The Kier molecular flexibility index (Phi) is 6.82. The molecular weight excluding hydrogens is 388 g/mol. The SMILES string of the molecule is Cc1ncsc1C(=O)CNC(=O)CCN1CCO[C@@H](c2ccc(F)c(F)c2)C1. The molecule has 0 bridgehead atoms. The number of rotatable bonds is 7. The van der Waals surface area contributed by atoms with Crippen molar-refractivity contribution in [3.8, 4) is 0 Å². The molecule has 1 fully saturated rings. The van der Waals surface area contributed by atoms with Crippen LogP contribution in [0.15, 0.2) is 23.7 Å². The summed E-state index contributed by atoms with van der Waals surface area (Å²) in [5.74, 6) is -2.17. The topological polar surface area (TPSA) is 71.5 Å². The van der Waals surface area contributed by atoms with Crippen LogP contribution in [0.5, 0.6) is 0 Å². The highest BCUT2D eigenvalue weighted by molar-refractivity contribution is 7.12. The number of Topliss-reactive ketones (excluding diaryl/α,β-unsaturated/α-hetero) is 1. The lowest BCUT2D eigenvalue weighted by Crippen LogP contribution is -2.40. The Labute approximate surface area is 165 Å². The van der Waals surface area contributed by atoms with Gasteiger partial charge in [-0.25, -0.2) is 13.8 Å². The van der Waals surface area contributed by atoms with E-state index in [2.05, 4.69) is 10.3 Å². The van der Waals surface area contributed by atoms with E-state index < -0.39 is 11.6 Å². The molecule has 0 unspecified atom stereocenters. The molecule has 150 valence electrons. The molecule has 1 aromatic heterocycles. The highest BCUT2D eigenvalue weighted by Crippen LogP contribution is 2.23. The number of halogens is 2. The van der Waals surface area contributed by atoms with Crippen molar-refractivity contribution >= 4 is 23.0 Å². The minimum atomic E-state index is -0.904. The largest absolute Gasteiger partial charge is 0.371 e. The predicted molar refractivity (Wildman–Crippen MR) is 100 cm³/mol. The van der Waals surface area contributed by atoms with Gasteiger partial charge in [0.25, 0.3) is 0 Å². The molecule has 9 heteroatoms. The number of ketones is 1. The van der Waals surface area contributed by atoms with Crippen LogP contribution in [-0.4, -0.2) is 54.4 Å². The number of hydrogen-bond donors (Lipinski definition) is 1. The smallest absolute Gasteiger partial charge is 0.221 e. The van der Waals surface area contributed by atoms with E-state index in [0.717, 1.165) is 12.1 Å². The summed E-state index contributed by atoms with van der Waals surface area (Å²) in [6, 6.07) is 3.73. The fraction of sp³-hybridized carbons (Fsp3) is 0.421. The molecule has 28 heavy (non-hydrogen) atoms. The molecule has 0 radical (unpaired) electrons. The molecule has 2 heterocycles. The molecule has 1 aliphatic rings. The fourth-order valence-corrected chi connectivity index (χ4v) is 3.74. The van der Waals surface area contributed by atoms with Gasteiger partial charge in [0.15, 0.2) is 17.4 Å². The molecule has 0 saturated carbocycles.